The summed E-state index contributed by atoms with van der Waals surface area (Å²) in [6, 6.07) is 22.3. The molecule has 2 aliphatic rings. The number of ketones is 1. The van der Waals surface area contributed by atoms with E-state index in [0.717, 1.165) is 59.2 Å². The van der Waals surface area contributed by atoms with Gasteiger partial charge in [-0.05, 0) is 74.1 Å². The lowest BCUT2D eigenvalue weighted by Crippen LogP contribution is -2.52. The lowest BCUT2D eigenvalue weighted by Gasteiger charge is -2.46. The third-order valence-electron chi connectivity index (χ3n) is 7.86. The van der Waals surface area contributed by atoms with Crippen LogP contribution in [0, 0.1) is 12.7 Å². The number of fused-ring (bicyclic) bond motifs is 1. The highest BCUT2D eigenvalue weighted by molar-refractivity contribution is 5.92. The van der Waals surface area contributed by atoms with Crippen LogP contribution in [0.25, 0.3) is 0 Å². The summed E-state index contributed by atoms with van der Waals surface area (Å²) >= 11 is 0. The highest BCUT2D eigenvalue weighted by Crippen LogP contribution is 2.47. The predicted octanol–water partition coefficient (Wildman–Crippen LogP) is 5.83. The third-order valence-corrected chi connectivity index (χ3v) is 7.86. The molecule has 3 heterocycles. The molecule has 1 fully saturated rings. The maximum atomic E-state index is 13.9. The Kier molecular flexibility index (Phi) is 6.92. The fourth-order valence-electron chi connectivity index (χ4n) is 5.71. The van der Waals surface area contributed by atoms with E-state index in [9.17, 15) is 9.18 Å². The zero-order valence-electron chi connectivity index (χ0n) is 22.0. The van der Waals surface area contributed by atoms with E-state index >= 15 is 0 Å². The molecule has 1 aliphatic heterocycles. The Morgan fingerprint density at radius 2 is 1.79 bits per heavy atom. The molecule has 4 aromatic rings. The van der Waals surface area contributed by atoms with Crippen LogP contribution in [0.5, 0.6) is 0 Å². The molecular weight excluding hydrogens is 491 g/mol. The number of pyridine rings is 1. The van der Waals surface area contributed by atoms with Crippen molar-refractivity contribution < 1.29 is 13.9 Å². The molecule has 6 rings (SSSR count). The third kappa shape index (κ3) is 5.19. The summed E-state index contributed by atoms with van der Waals surface area (Å²) in [6.07, 6.45) is 4.95. The van der Waals surface area contributed by atoms with E-state index in [-0.39, 0.29) is 24.1 Å². The number of carbonyl (C=O) groups excluding carboxylic acids is 1. The number of halogens is 1. The first-order valence-electron chi connectivity index (χ1n) is 13.5. The number of anilines is 2. The number of ether oxygens (including phenoxy) is 1. The lowest BCUT2D eigenvalue weighted by molar-refractivity contribution is -0.136. The van der Waals surface area contributed by atoms with Crippen LogP contribution in [-0.2, 0) is 34.4 Å². The molecule has 0 N–H and O–H groups in total. The van der Waals surface area contributed by atoms with E-state index in [4.69, 9.17) is 9.72 Å². The van der Waals surface area contributed by atoms with Gasteiger partial charge in [-0.25, -0.2) is 14.4 Å². The minimum absolute atomic E-state index is 0.0271. The Balaban J connectivity index is 1.28. The second kappa shape index (κ2) is 10.7. The molecule has 2 aromatic heterocycles. The van der Waals surface area contributed by atoms with E-state index in [1.165, 1.54) is 12.1 Å². The number of aromatic nitrogens is 3. The molecule has 198 valence electrons. The number of aryl methyl sites for hydroxylation is 2. The van der Waals surface area contributed by atoms with Crippen LogP contribution in [0.15, 0.2) is 79.0 Å². The maximum Gasteiger partial charge on any atom is 0.149 e. The molecule has 7 heteroatoms. The van der Waals surface area contributed by atoms with E-state index in [0.29, 0.717) is 19.4 Å². The quantitative estimate of drug-likeness (QED) is 0.290. The van der Waals surface area contributed by atoms with Crippen LogP contribution in [-0.4, -0.2) is 33.4 Å². The number of Topliss-reactive ketones (excluding diaryl/α,β-unsaturated/α-hetero) is 1. The van der Waals surface area contributed by atoms with Crippen molar-refractivity contribution >= 4 is 17.3 Å². The molecule has 0 amide bonds. The first-order valence-corrected chi connectivity index (χ1v) is 13.5. The van der Waals surface area contributed by atoms with Gasteiger partial charge in [-0.3, -0.25) is 9.78 Å². The Bertz CT molecular complexity index is 1470. The summed E-state index contributed by atoms with van der Waals surface area (Å²) in [5.74, 6) is 1.38. The molecule has 0 saturated heterocycles. The molecule has 0 spiro atoms. The van der Waals surface area contributed by atoms with Crippen molar-refractivity contribution in [2.75, 3.05) is 11.4 Å². The van der Waals surface area contributed by atoms with Gasteiger partial charge in [0.25, 0.3) is 0 Å². The molecule has 1 aliphatic carbocycles. The Morgan fingerprint density at radius 1 is 1.00 bits per heavy atom. The minimum atomic E-state index is -0.724. The fraction of sp³-hybridized carbons (Fsp3) is 0.312. The van der Waals surface area contributed by atoms with E-state index in [1.54, 1.807) is 18.3 Å². The molecule has 1 saturated carbocycles. The van der Waals surface area contributed by atoms with Crippen LogP contribution in [0.2, 0.25) is 0 Å². The topological polar surface area (TPSA) is 68.2 Å². The molecular formula is C32H31FN4O2. The van der Waals surface area contributed by atoms with E-state index in [1.807, 2.05) is 49.4 Å². The number of hydrogen-bond donors (Lipinski definition) is 0. The smallest absolute Gasteiger partial charge is 0.149 e. The maximum absolute atomic E-state index is 13.9. The van der Waals surface area contributed by atoms with Crippen LogP contribution in [0.1, 0.15) is 47.6 Å². The molecule has 0 bridgehead atoms. The summed E-state index contributed by atoms with van der Waals surface area (Å²) in [7, 11) is 0. The summed E-state index contributed by atoms with van der Waals surface area (Å²) in [5.41, 5.74) is 4.00. The van der Waals surface area contributed by atoms with Gasteiger partial charge in [-0.15, -0.1) is 0 Å². The number of benzene rings is 2. The standard InChI is InChI=1S/C32H31FN4O2/c1-22-34-16-15-31(35-22)37-17-5-8-27-28(37)13-14-29(36-27)32(30(38)18-23-9-11-25(33)12-10-23)19-26(20-32)39-21-24-6-3-2-4-7-24/h2-4,6-7,9-16,26H,5,8,17-21H2,1H3. The van der Waals surface area contributed by atoms with Gasteiger partial charge in [0, 0.05) is 19.2 Å². The van der Waals surface area contributed by atoms with Gasteiger partial charge >= 0.3 is 0 Å². The highest BCUT2D eigenvalue weighted by atomic mass is 19.1. The van der Waals surface area contributed by atoms with Crippen LogP contribution < -0.4 is 4.90 Å². The van der Waals surface area contributed by atoms with Crippen molar-refractivity contribution in [1.29, 1.82) is 0 Å². The van der Waals surface area contributed by atoms with Gasteiger partial charge in [0.2, 0.25) is 0 Å². The normalized spacial score (nSPS) is 20.3. The Hall–Kier alpha value is -3.97. The second-order valence-corrected chi connectivity index (χ2v) is 10.5. The van der Waals surface area contributed by atoms with Crippen molar-refractivity contribution in [3.63, 3.8) is 0 Å². The van der Waals surface area contributed by atoms with Gasteiger partial charge in [0.05, 0.1) is 35.2 Å². The van der Waals surface area contributed by atoms with Gasteiger partial charge < -0.3 is 9.64 Å². The first kappa shape index (κ1) is 25.3. The highest BCUT2D eigenvalue weighted by Gasteiger charge is 2.52. The lowest BCUT2D eigenvalue weighted by atomic mass is 9.61. The van der Waals surface area contributed by atoms with Gasteiger partial charge in [-0.2, -0.15) is 0 Å². The minimum Gasteiger partial charge on any atom is -0.373 e. The molecule has 39 heavy (non-hydrogen) atoms. The molecule has 0 radical (unpaired) electrons. The van der Waals surface area contributed by atoms with Crippen molar-refractivity contribution in [3.05, 3.63) is 113 Å². The van der Waals surface area contributed by atoms with Crippen molar-refractivity contribution in [2.24, 2.45) is 0 Å². The van der Waals surface area contributed by atoms with Crippen LogP contribution in [0.3, 0.4) is 0 Å². The molecule has 6 nitrogen and oxygen atoms in total. The van der Waals surface area contributed by atoms with Gasteiger partial charge in [0.1, 0.15) is 23.2 Å². The molecule has 0 atom stereocenters. The average Bonchev–Trinajstić information content (AvgIpc) is 2.93. The van der Waals surface area contributed by atoms with Crippen molar-refractivity contribution in [1.82, 2.24) is 15.0 Å². The molecule has 0 unspecified atom stereocenters. The molecule has 2 aromatic carbocycles. The zero-order valence-corrected chi connectivity index (χ0v) is 22.0. The number of rotatable bonds is 8. The second-order valence-electron chi connectivity index (χ2n) is 10.5. The largest absolute Gasteiger partial charge is 0.373 e. The summed E-state index contributed by atoms with van der Waals surface area (Å²) in [6.45, 7) is 3.26. The van der Waals surface area contributed by atoms with Crippen LogP contribution in [0.4, 0.5) is 15.9 Å². The zero-order chi connectivity index (χ0) is 26.8. The summed E-state index contributed by atoms with van der Waals surface area (Å²) in [5, 5.41) is 0. The Morgan fingerprint density at radius 3 is 2.56 bits per heavy atom. The summed E-state index contributed by atoms with van der Waals surface area (Å²) < 4.78 is 19.7. The number of hydrogen-bond acceptors (Lipinski definition) is 6. The van der Waals surface area contributed by atoms with E-state index in [2.05, 4.69) is 20.9 Å². The van der Waals surface area contributed by atoms with Crippen molar-refractivity contribution in [3.8, 4) is 0 Å². The van der Waals surface area contributed by atoms with Gasteiger partial charge in [0.15, 0.2) is 0 Å². The Labute approximate surface area is 227 Å². The number of nitrogens with zero attached hydrogens (tertiary/aromatic N) is 4. The monoisotopic (exact) mass is 522 g/mol. The first-order chi connectivity index (χ1) is 19.0. The SMILES string of the molecule is Cc1nccc(N2CCCc3nc(C4(C(=O)Cc5ccc(F)cc5)CC(OCc5ccccc5)C4)ccc32)n1. The average molecular weight is 523 g/mol. The van der Waals surface area contributed by atoms with Crippen molar-refractivity contribution in [2.45, 2.75) is 57.2 Å². The van der Waals surface area contributed by atoms with E-state index < -0.39 is 5.41 Å². The summed E-state index contributed by atoms with van der Waals surface area (Å²) in [4.78, 5) is 30.0. The fourth-order valence-corrected chi connectivity index (χ4v) is 5.71. The van der Waals surface area contributed by atoms with Crippen LogP contribution >= 0.6 is 0 Å². The van der Waals surface area contributed by atoms with Gasteiger partial charge in [-0.1, -0.05) is 42.5 Å². The number of carbonyl (C=O) groups is 1. The predicted molar refractivity (Wildman–Crippen MR) is 147 cm³/mol.